The molecular weight excluding hydrogens is 450 g/mol. The second-order valence-electron chi connectivity index (χ2n) is 9.26. The number of likely N-dealkylation sites (tertiary alicyclic amines) is 1. The lowest BCUT2D eigenvalue weighted by Crippen LogP contribution is -2.52. The van der Waals surface area contributed by atoms with Gasteiger partial charge in [0.15, 0.2) is 11.5 Å². The van der Waals surface area contributed by atoms with Gasteiger partial charge in [0.2, 0.25) is 5.91 Å². The molecule has 2 atom stereocenters. The highest BCUT2D eigenvalue weighted by Crippen LogP contribution is 2.20. The fourth-order valence-corrected chi connectivity index (χ4v) is 5.04. The number of nitrogens with zero attached hydrogens (tertiary/aromatic N) is 1. The Morgan fingerprint density at radius 1 is 1.21 bits per heavy atom. The van der Waals surface area contributed by atoms with Crippen LogP contribution in [0.2, 0.25) is 0 Å². The van der Waals surface area contributed by atoms with Crippen molar-refractivity contribution in [3.63, 3.8) is 0 Å². The van der Waals surface area contributed by atoms with Gasteiger partial charge in [-0.1, -0.05) is 38.1 Å². The number of nitrogens with one attached hydrogen (secondary N) is 2. The van der Waals surface area contributed by atoms with Gasteiger partial charge < -0.3 is 15.1 Å². The summed E-state index contributed by atoms with van der Waals surface area (Å²) in [5, 5.41) is 8.60. The Bertz CT molecular complexity index is 1110. The summed E-state index contributed by atoms with van der Waals surface area (Å²) in [6.45, 7) is 5.85. The average molecular weight is 482 g/mol. The zero-order valence-corrected chi connectivity index (χ0v) is 20.4. The van der Waals surface area contributed by atoms with Crippen LogP contribution in [0.1, 0.15) is 48.5 Å². The van der Waals surface area contributed by atoms with Crippen LogP contribution >= 0.6 is 11.3 Å². The Morgan fingerprint density at radius 2 is 2.03 bits per heavy atom. The van der Waals surface area contributed by atoms with Gasteiger partial charge in [-0.05, 0) is 55.3 Å². The van der Waals surface area contributed by atoms with Crippen LogP contribution < -0.4 is 10.6 Å². The fourth-order valence-electron chi connectivity index (χ4n) is 4.30. The number of fused-ring (bicyclic) bond motifs is 1. The van der Waals surface area contributed by atoms with E-state index in [9.17, 15) is 14.4 Å². The number of furan rings is 1. The van der Waals surface area contributed by atoms with E-state index >= 15 is 0 Å². The molecule has 0 radical (unpaired) electrons. The van der Waals surface area contributed by atoms with E-state index < -0.39 is 18.0 Å². The molecule has 0 bridgehead atoms. The first-order chi connectivity index (χ1) is 16.4. The van der Waals surface area contributed by atoms with E-state index in [1.807, 2.05) is 43.5 Å². The number of hydrogen-bond acceptors (Lipinski definition) is 6. The van der Waals surface area contributed by atoms with Crippen LogP contribution in [-0.2, 0) is 16.1 Å². The smallest absolute Gasteiger partial charge is 0.287 e. The molecule has 180 valence electrons. The summed E-state index contributed by atoms with van der Waals surface area (Å²) in [6, 6.07) is 11.8. The molecular formula is C26H31N3O4S. The number of carbonyl (C=O) groups excluding carboxylic acids is 3. The number of hydrogen-bond donors (Lipinski definition) is 2. The number of Topliss-reactive ketones (excluding diaryl/α,β-unsaturated/α-hetero) is 1. The van der Waals surface area contributed by atoms with E-state index in [2.05, 4.69) is 21.6 Å². The Hall–Kier alpha value is -2.97. The second kappa shape index (κ2) is 11.0. The highest BCUT2D eigenvalue weighted by molar-refractivity contribution is 7.09. The van der Waals surface area contributed by atoms with Gasteiger partial charge in [0.25, 0.3) is 5.91 Å². The van der Waals surface area contributed by atoms with E-state index in [-0.39, 0.29) is 23.4 Å². The van der Waals surface area contributed by atoms with Gasteiger partial charge in [-0.25, -0.2) is 0 Å². The van der Waals surface area contributed by atoms with Gasteiger partial charge >= 0.3 is 0 Å². The maximum atomic E-state index is 13.2. The molecule has 2 unspecified atom stereocenters. The second-order valence-corrected chi connectivity index (χ2v) is 10.3. The summed E-state index contributed by atoms with van der Waals surface area (Å²) in [6.07, 6.45) is 1.88. The molecule has 34 heavy (non-hydrogen) atoms. The highest BCUT2D eigenvalue weighted by Gasteiger charge is 2.30. The minimum absolute atomic E-state index is 0.00862. The molecule has 7 nitrogen and oxygen atoms in total. The Balaban J connectivity index is 1.39. The molecule has 2 N–H and O–H groups in total. The molecule has 8 heteroatoms. The number of ketones is 1. The maximum Gasteiger partial charge on any atom is 0.287 e. The van der Waals surface area contributed by atoms with E-state index in [4.69, 9.17) is 4.42 Å². The molecule has 1 aliphatic rings. The quantitative estimate of drug-likeness (QED) is 0.508. The lowest BCUT2D eigenvalue weighted by molar-refractivity contribution is -0.129. The highest BCUT2D eigenvalue weighted by atomic mass is 32.1. The van der Waals surface area contributed by atoms with Crippen LogP contribution in [0.25, 0.3) is 11.0 Å². The van der Waals surface area contributed by atoms with Crippen molar-refractivity contribution in [3.8, 4) is 0 Å². The van der Waals surface area contributed by atoms with Crippen molar-refractivity contribution >= 4 is 39.9 Å². The number of carbonyl (C=O) groups is 3. The first-order valence-corrected chi connectivity index (χ1v) is 12.6. The Morgan fingerprint density at radius 3 is 2.76 bits per heavy atom. The van der Waals surface area contributed by atoms with E-state index in [1.54, 1.807) is 23.5 Å². The molecule has 1 aliphatic heterocycles. The Kier molecular flexibility index (Phi) is 7.80. The molecule has 1 saturated heterocycles. The predicted molar refractivity (Wildman–Crippen MR) is 133 cm³/mol. The minimum atomic E-state index is -0.751. The zero-order chi connectivity index (χ0) is 24.1. The number of benzene rings is 1. The van der Waals surface area contributed by atoms with Crippen LogP contribution in [0.4, 0.5) is 0 Å². The summed E-state index contributed by atoms with van der Waals surface area (Å²) in [4.78, 5) is 42.3. The molecule has 0 spiro atoms. The third kappa shape index (κ3) is 6.12. The summed E-state index contributed by atoms with van der Waals surface area (Å²) in [5.41, 5.74) is 0.619. The summed E-state index contributed by atoms with van der Waals surface area (Å²) in [7, 11) is 0. The summed E-state index contributed by atoms with van der Waals surface area (Å²) >= 11 is 1.68. The van der Waals surface area contributed by atoms with Gasteiger partial charge in [0.1, 0.15) is 11.6 Å². The maximum absolute atomic E-state index is 13.2. The van der Waals surface area contributed by atoms with Gasteiger partial charge in [0, 0.05) is 16.8 Å². The van der Waals surface area contributed by atoms with E-state index in [1.165, 1.54) is 4.88 Å². The summed E-state index contributed by atoms with van der Waals surface area (Å²) < 4.78 is 5.65. The van der Waals surface area contributed by atoms with Crippen LogP contribution in [0.5, 0.6) is 0 Å². The van der Waals surface area contributed by atoms with Gasteiger partial charge in [-0.2, -0.15) is 0 Å². The zero-order valence-electron chi connectivity index (χ0n) is 19.6. The number of para-hydroxylation sites is 1. The van der Waals surface area contributed by atoms with E-state index in [0.29, 0.717) is 25.0 Å². The average Bonchev–Trinajstić information content (AvgIpc) is 3.43. The molecule has 4 rings (SSSR count). The normalized spacial score (nSPS) is 18.1. The van der Waals surface area contributed by atoms with Crippen molar-refractivity contribution < 1.29 is 18.8 Å². The van der Waals surface area contributed by atoms with E-state index in [0.717, 1.165) is 24.9 Å². The van der Waals surface area contributed by atoms with Crippen molar-refractivity contribution in [2.24, 2.45) is 5.92 Å². The standard InChI is InChI=1S/C26H31N3O4S/c1-17(2)13-21(28-26(32)24-14-18-7-3-4-10-23(18)33-24)25(31)27-20-9-5-11-29(16-22(20)30)15-19-8-6-12-34-19/h3-4,6-8,10,12,14,17,20-21H,5,9,11,13,15-16H2,1-2H3,(H,27,31)(H,28,32). The lowest BCUT2D eigenvalue weighted by atomic mass is 10.0. The minimum Gasteiger partial charge on any atom is -0.451 e. The van der Waals surface area contributed by atoms with Gasteiger partial charge in [-0.15, -0.1) is 11.3 Å². The van der Waals surface area contributed by atoms with Crippen LogP contribution in [0.15, 0.2) is 52.3 Å². The number of thiophene rings is 1. The lowest BCUT2D eigenvalue weighted by Gasteiger charge is -2.23. The topological polar surface area (TPSA) is 91.7 Å². The van der Waals surface area contributed by atoms with Crippen molar-refractivity contribution in [2.75, 3.05) is 13.1 Å². The molecule has 1 fully saturated rings. The molecule has 0 aliphatic carbocycles. The SMILES string of the molecule is CC(C)CC(NC(=O)c1cc2ccccc2o1)C(=O)NC1CCCN(Cc2cccs2)CC1=O. The number of rotatable bonds is 8. The monoisotopic (exact) mass is 481 g/mol. The molecule has 2 aromatic heterocycles. The predicted octanol–water partition coefficient (Wildman–Crippen LogP) is 3.99. The molecule has 0 saturated carbocycles. The number of amides is 2. The summed E-state index contributed by atoms with van der Waals surface area (Å²) in [5.74, 6) is -0.417. The molecule has 2 amide bonds. The van der Waals surface area contributed by atoms with Crippen molar-refractivity contribution in [1.82, 2.24) is 15.5 Å². The molecule has 1 aromatic carbocycles. The molecule has 3 aromatic rings. The third-order valence-electron chi connectivity index (χ3n) is 5.99. The van der Waals surface area contributed by atoms with Crippen LogP contribution in [-0.4, -0.2) is 47.7 Å². The molecule has 3 heterocycles. The van der Waals surface area contributed by atoms with Gasteiger partial charge in [0.05, 0.1) is 12.6 Å². The van der Waals surface area contributed by atoms with Crippen LogP contribution in [0.3, 0.4) is 0 Å². The first-order valence-electron chi connectivity index (χ1n) is 11.8. The third-order valence-corrected chi connectivity index (χ3v) is 6.85. The Labute approximate surface area is 203 Å². The van der Waals surface area contributed by atoms with Gasteiger partial charge in [-0.3, -0.25) is 19.3 Å². The van der Waals surface area contributed by atoms with Crippen molar-refractivity contribution in [2.45, 2.75) is 51.7 Å². The first kappa shape index (κ1) is 24.2. The van der Waals surface area contributed by atoms with Crippen molar-refractivity contribution in [3.05, 3.63) is 58.5 Å². The largest absolute Gasteiger partial charge is 0.451 e. The fraction of sp³-hybridized carbons (Fsp3) is 0.423. The van der Waals surface area contributed by atoms with Crippen LogP contribution in [0, 0.1) is 5.92 Å². The van der Waals surface area contributed by atoms with Crippen molar-refractivity contribution in [1.29, 1.82) is 0 Å².